The van der Waals surface area contributed by atoms with Crippen molar-refractivity contribution in [2.75, 3.05) is 33.3 Å². The Morgan fingerprint density at radius 1 is 1.35 bits per heavy atom. The van der Waals surface area contributed by atoms with Crippen LogP contribution in [0.5, 0.6) is 0 Å². The van der Waals surface area contributed by atoms with E-state index in [4.69, 9.17) is 4.74 Å². The number of ether oxygens (including phenoxy) is 1. The monoisotopic (exact) mass is 242 g/mol. The molecule has 0 amide bonds. The molecule has 0 radical (unpaired) electrons. The van der Waals surface area contributed by atoms with Gasteiger partial charge in [0.1, 0.15) is 5.54 Å². The van der Waals surface area contributed by atoms with E-state index in [1.807, 2.05) is 6.92 Å². The summed E-state index contributed by atoms with van der Waals surface area (Å²) in [6.07, 6.45) is 2.26. The normalized spacial score (nSPS) is 19.1. The van der Waals surface area contributed by atoms with E-state index in [9.17, 15) is 4.79 Å². The van der Waals surface area contributed by atoms with Gasteiger partial charge in [-0.1, -0.05) is 20.8 Å². The molecule has 0 aromatic heterocycles. The molecule has 100 valence electrons. The number of nitrogens with one attached hydrogen (secondary N) is 1. The maximum Gasteiger partial charge on any atom is 0.327 e. The minimum Gasteiger partial charge on any atom is -0.468 e. The number of hydrogen-bond donors (Lipinski definition) is 1. The quantitative estimate of drug-likeness (QED) is 0.651. The van der Waals surface area contributed by atoms with E-state index < -0.39 is 5.54 Å². The van der Waals surface area contributed by atoms with Gasteiger partial charge >= 0.3 is 5.97 Å². The molecule has 1 fully saturated rings. The Hall–Kier alpha value is -0.610. The molecule has 1 atom stereocenters. The minimum atomic E-state index is -0.491. The van der Waals surface area contributed by atoms with E-state index in [1.54, 1.807) is 0 Å². The van der Waals surface area contributed by atoms with Gasteiger partial charge in [0.25, 0.3) is 0 Å². The Labute approximate surface area is 105 Å². The van der Waals surface area contributed by atoms with Gasteiger partial charge in [-0.05, 0) is 38.4 Å². The molecule has 0 spiro atoms. The molecule has 4 heteroatoms. The van der Waals surface area contributed by atoms with Gasteiger partial charge in [0.05, 0.1) is 7.11 Å². The highest BCUT2D eigenvalue weighted by molar-refractivity contribution is 5.82. The predicted octanol–water partition coefficient (Wildman–Crippen LogP) is 1.26. The van der Waals surface area contributed by atoms with Crippen LogP contribution in [0, 0.1) is 5.92 Å². The van der Waals surface area contributed by atoms with Crippen molar-refractivity contribution in [1.29, 1.82) is 0 Å². The maximum atomic E-state index is 12.2. The molecule has 1 rings (SSSR count). The van der Waals surface area contributed by atoms with Crippen LogP contribution in [0.1, 0.15) is 33.6 Å². The SMILES string of the molecule is CCNC(CN(CC)CC)(C(=O)OC)C1CC1. The summed E-state index contributed by atoms with van der Waals surface area (Å²) in [5, 5.41) is 3.39. The Balaban J connectivity index is 2.85. The van der Waals surface area contributed by atoms with E-state index >= 15 is 0 Å². The molecule has 1 unspecified atom stereocenters. The Bertz CT molecular complexity index is 250. The molecule has 17 heavy (non-hydrogen) atoms. The average molecular weight is 242 g/mol. The lowest BCUT2D eigenvalue weighted by molar-refractivity contribution is -0.150. The molecule has 4 nitrogen and oxygen atoms in total. The van der Waals surface area contributed by atoms with Crippen molar-refractivity contribution in [1.82, 2.24) is 10.2 Å². The zero-order valence-corrected chi connectivity index (χ0v) is 11.6. The summed E-state index contributed by atoms with van der Waals surface area (Å²) in [7, 11) is 1.49. The van der Waals surface area contributed by atoms with Crippen LogP contribution >= 0.6 is 0 Å². The van der Waals surface area contributed by atoms with Crippen LogP contribution in [-0.4, -0.2) is 49.7 Å². The first-order valence-corrected chi connectivity index (χ1v) is 6.70. The molecular weight excluding hydrogens is 216 g/mol. The average Bonchev–Trinajstić information content (AvgIpc) is 3.18. The van der Waals surface area contributed by atoms with Gasteiger partial charge in [0.2, 0.25) is 0 Å². The van der Waals surface area contributed by atoms with Gasteiger partial charge < -0.3 is 15.0 Å². The second-order valence-corrected chi connectivity index (χ2v) is 4.73. The topological polar surface area (TPSA) is 41.6 Å². The lowest BCUT2D eigenvalue weighted by atomic mass is 9.92. The Kier molecular flexibility index (Phi) is 5.40. The van der Waals surface area contributed by atoms with Crippen molar-refractivity contribution in [3.63, 3.8) is 0 Å². The van der Waals surface area contributed by atoms with Gasteiger partial charge in [-0.2, -0.15) is 0 Å². The van der Waals surface area contributed by atoms with Crippen molar-refractivity contribution in [3.05, 3.63) is 0 Å². The van der Waals surface area contributed by atoms with Crippen LogP contribution in [0.3, 0.4) is 0 Å². The fourth-order valence-corrected chi connectivity index (χ4v) is 2.51. The van der Waals surface area contributed by atoms with Gasteiger partial charge in [-0.15, -0.1) is 0 Å². The second kappa shape index (κ2) is 6.36. The maximum absolute atomic E-state index is 12.2. The number of carbonyl (C=O) groups is 1. The second-order valence-electron chi connectivity index (χ2n) is 4.73. The third-order valence-electron chi connectivity index (χ3n) is 3.68. The third kappa shape index (κ3) is 3.19. The third-order valence-corrected chi connectivity index (χ3v) is 3.68. The van der Waals surface area contributed by atoms with E-state index in [1.165, 1.54) is 7.11 Å². The van der Waals surface area contributed by atoms with E-state index in [2.05, 4.69) is 24.1 Å². The first-order valence-electron chi connectivity index (χ1n) is 6.70. The molecule has 1 saturated carbocycles. The summed E-state index contributed by atoms with van der Waals surface area (Å²) in [4.78, 5) is 14.5. The van der Waals surface area contributed by atoms with Crippen molar-refractivity contribution in [3.8, 4) is 0 Å². The lowest BCUT2D eigenvalue weighted by Crippen LogP contribution is -2.61. The van der Waals surface area contributed by atoms with Crippen LogP contribution in [0.2, 0.25) is 0 Å². The molecule has 0 aromatic carbocycles. The number of likely N-dealkylation sites (N-methyl/N-ethyl adjacent to an activating group) is 2. The largest absolute Gasteiger partial charge is 0.468 e. The van der Waals surface area contributed by atoms with Gasteiger partial charge in [-0.25, -0.2) is 4.79 Å². The van der Waals surface area contributed by atoms with Crippen LogP contribution < -0.4 is 5.32 Å². The summed E-state index contributed by atoms with van der Waals surface area (Å²) in [5.74, 6) is 0.337. The van der Waals surface area contributed by atoms with Crippen LogP contribution in [0.25, 0.3) is 0 Å². The fourth-order valence-electron chi connectivity index (χ4n) is 2.51. The highest BCUT2D eigenvalue weighted by Crippen LogP contribution is 2.41. The van der Waals surface area contributed by atoms with Crippen LogP contribution in [0.15, 0.2) is 0 Å². The van der Waals surface area contributed by atoms with Crippen molar-refractivity contribution < 1.29 is 9.53 Å². The number of nitrogens with zero attached hydrogens (tertiary/aromatic N) is 1. The fraction of sp³-hybridized carbons (Fsp3) is 0.923. The van der Waals surface area contributed by atoms with Gasteiger partial charge in [0.15, 0.2) is 0 Å². The zero-order chi connectivity index (χ0) is 12.9. The first kappa shape index (κ1) is 14.5. The standard InChI is InChI=1S/C13H26N2O2/c1-5-14-13(11-8-9-11,12(16)17-4)10-15(6-2)7-3/h11,14H,5-10H2,1-4H3. The summed E-state index contributed by atoms with van der Waals surface area (Å²) < 4.78 is 5.03. The molecule has 1 aliphatic rings. The summed E-state index contributed by atoms with van der Waals surface area (Å²) in [6.45, 7) is 9.79. The number of rotatable bonds is 8. The lowest BCUT2D eigenvalue weighted by Gasteiger charge is -2.36. The summed E-state index contributed by atoms with van der Waals surface area (Å²) >= 11 is 0. The summed E-state index contributed by atoms with van der Waals surface area (Å²) in [5.41, 5.74) is -0.491. The molecule has 0 saturated heterocycles. The van der Waals surface area contributed by atoms with Crippen LogP contribution in [0.4, 0.5) is 0 Å². The molecule has 1 aliphatic carbocycles. The number of hydrogen-bond acceptors (Lipinski definition) is 4. The van der Waals surface area contributed by atoms with Gasteiger partial charge in [0, 0.05) is 6.54 Å². The Morgan fingerprint density at radius 2 is 1.94 bits per heavy atom. The van der Waals surface area contributed by atoms with Crippen molar-refractivity contribution >= 4 is 5.97 Å². The van der Waals surface area contributed by atoms with E-state index in [-0.39, 0.29) is 5.97 Å². The molecule has 0 bridgehead atoms. The molecule has 0 aromatic rings. The minimum absolute atomic E-state index is 0.103. The molecule has 1 N–H and O–H groups in total. The van der Waals surface area contributed by atoms with Crippen molar-refractivity contribution in [2.24, 2.45) is 5.92 Å². The zero-order valence-electron chi connectivity index (χ0n) is 11.6. The smallest absolute Gasteiger partial charge is 0.327 e. The highest BCUT2D eigenvalue weighted by Gasteiger charge is 2.51. The number of carbonyl (C=O) groups excluding carboxylic acids is 1. The van der Waals surface area contributed by atoms with E-state index in [0.29, 0.717) is 5.92 Å². The predicted molar refractivity (Wildman–Crippen MR) is 68.9 cm³/mol. The molecule has 0 aliphatic heterocycles. The summed E-state index contributed by atoms with van der Waals surface area (Å²) in [6, 6.07) is 0. The molecular formula is C13H26N2O2. The number of methoxy groups -OCH3 is 1. The van der Waals surface area contributed by atoms with E-state index in [0.717, 1.165) is 39.0 Å². The Morgan fingerprint density at radius 3 is 2.29 bits per heavy atom. The molecule has 0 heterocycles. The number of esters is 1. The van der Waals surface area contributed by atoms with Gasteiger partial charge in [-0.3, -0.25) is 0 Å². The first-order chi connectivity index (χ1) is 8.14. The van der Waals surface area contributed by atoms with Crippen LogP contribution in [-0.2, 0) is 9.53 Å². The highest BCUT2D eigenvalue weighted by atomic mass is 16.5. The van der Waals surface area contributed by atoms with Crippen molar-refractivity contribution in [2.45, 2.75) is 39.2 Å².